The molecule has 30 heavy (non-hydrogen) atoms. The standard InChI is InChI=1S/C22H24N4O4/c1-14-12-16(8-11-18(14)26(28)29)21(27)25(5)13-19-23-24-20(30-19)15-6-9-17(10-7-15)22(2,3)4/h6-12H,13H2,1-5H3. The lowest BCUT2D eigenvalue weighted by Gasteiger charge is -2.18. The molecule has 3 rings (SSSR count). The Kier molecular flexibility index (Phi) is 5.69. The predicted molar refractivity (Wildman–Crippen MR) is 112 cm³/mol. The molecule has 0 N–H and O–H groups in total. The quantitative estimate of drug-likeness (QED) is 0.454. The summed E-state index contributed by atoms with van der Waals surface area (Å²) in [6, 6.07) is 12.2. The van der Waals surface area contributed by atoms with E-state index in [0.29, 0.717) is 22.9 Å². The number of nitrogens with zero attached hydrogens (tertiary/aromatic N) is 4. The van der Waals surface area contributed by atoms with Crippen LogP contribution in [0.15, 0.2) is 46.9 Å². The molecule has 2 aromatic carbocycles. The molecule has 0 aliphatic heterocycles. The molecule has 8 nitrogen and oxygen atoms in total. The second kappa shape index (κ2) is 8.06. The molecule has 1 amide bonds. The summed E-state index contributed by atoms with van der Waals surface area (Å²) < 4.78 is 5.72. The van der Waals surface area contributed by atoms with Crippen molar-refractivity contribution in [3.63, 3.8) is 0 Å². The highest BCUT2D eigenvalue weighted by atomic mass is 16.6. The topological polar surface area (TPSA) is 102 Å². The molecule has 1 heterocycles. The highest BCUT2D eigenvalue weighted by Crippen LogP contribution is 2.26. The Morgan fingerprint density at radius 3 is 2.37 bits per heavy atom. The summed E-state index contributed by atoms with van der Waals surface area (Å²) >= 11 is 0. The SMILES string of the molecule is Cc1cc(C(=O)N(C)Cc2nnc(-c3ccc(C(C)(C)C)cc3)o2)ccc1[N+](=O)[O-]. The minimum atomic E-state index is -0.471. The van der Waals surface area contributed by atoms with Crippen molar-refractivity contribution in [3.8, 4) is 11.5 Å². The first-order chi connectivity index (χ1) is 14.1. The first-order valence-electron chi connectivity index (χ1n) is 9.50. The lowest BCUT2D eigenvalue weighted by molar-refractivity contribution is -0.385. The van der Waals surface area contributed by atoms with Crippen molar-refractivity contribution in [2.45, 2.75) is 39.7 Å². The maximum atomic E-state index is 12.7. The number of nitro benzene ring substituents is 1. The van der Waals surface area contributed by atoms with E-state index in [2.05, 4.69) is 31.0 Å². The van der Waals surface area contributed by atoms with Crippen molar-refractivity contribution in [2.75, 3.05) is 7.05 Å². The third kappa shape index (κ3) is 4.53. The molecule has 0 aliphatic carbocycles. The summed E-state index contributed by atoms with van der Waals surface area (Å²) in [5.41, 5.74) is 2.83. The van der Waals surface area contributed by atoms with Gasteiger partial charge in [-0.3, -0.25) is 14.9 Å². The minimum absolute atomic E-state index is 0.0202. The van der Waals surface area contributed by atoms with Crippen molar-refractivity contribution in [1.82, 2.24) is 15.1 Å². The Morgan fingerprint density at radius 1 is 1.13 bits per heavy atom. The van der Waals surface area contributed by atoms with Gasteiger partial charge in [-0.2, -0.15) is 0 Å². The van der Waals surface area contributed by atoms with Gasteiger partial charge in [0.2, 0.25) is 11.8 Å². The largest absolute Gasteiger partial charge is 0.419 e. The highest BCUT2D eigenvalue weighted by molar-refractivity contribution is 5.94. The minimum Gasteiger partial charge on any atom is -0.419 e. The number of benzene rings is 2. The lowest BCUT2D eigenvalue weighted by Crippen LogP contribution is -2.26. The molecule has 1 aromatic heterocycles. The van der Waals surface area contributed by atoms with Gasteiger partial charge in [0, 0.05) is 29.8 Å². The summed E-state index contributed by atoms with van der Waals surface area (Å²) in [7, 11) is 1.61. The number of hydrogen-bond acceptors (Lipinski definition) is 6. The Hall–Kier alpha value is -3.55. The van der Waals surface area contributed by atoms with E-state index in [1.54, 1.807) is 14.0 Å². The zero-order chi connectivity index (χ0) is 22.1. The van der Waals surface area contributed by atoms with Gasteiger partial charge in [-0.15, -0.1) is 10.2 Å². The molecule has 3 aromatic rings. The Morgan fingerprint density at radius 2 is 1.80 bits per heavy atom. The van der Waals surface area contributed by atoms with Crippen LogP contribution in [0.25, 0.3) is 11.5 Å². The average Bonchev–Trinajstić information content (AvgIpc) is 3.14. The van der Waals surface area contributed by atoms with Crippen molar-refractivity contribution in [1.29, 1.82) is 0 Å². The van der Waals surface area contributed by atoms with Crippen LogP contribution in [-0.2, 0) is 12.0 Å². The zero-order valence-electron chi connectivity index (χ0n) is 17.7. The molecule has 0 unspecified atom stereocenters. The molecule has 0 saturated heterocycles. The normalized spacial score (nSPS) is 11.4. The van der Waals surface area contributed by atoms with Crippen LogP contribution < -0.4 is 0 Å². The molecule has 0 saturated carbocycles. The van der Waals surface area contributed by atoms with E-state index in [1.807, 2.05) is 24.3 Å². The number of carbonyl (C=O) groups is 1. The average molecular weight is 408 g/mol. The Balaban J connectivity index is 1.71. The molecule has 0 aliphatic rings. The van der Waals surface area contributed by atoms with E-state index in [1.165, 1.54) is 28.7 Å². The summed E-state index contributed by atoms with van der Waals surface area (Å²) in [6.45, 7) is 8.16. The fourth-order valence-corrected chi connectivity index (χ4v) is 3.04. The molecule has 0 radical (unpaired) electrons. The monoisotopic (exact) mass is 408 g/mol. The van der Waals surface area contributed by atoms with Gasteiger partial charge in [0.15, 0.2) is 0 Å². The van der Waals surface area contributed by atoms with Crippen LogP contribution in [0.3, 0.4) is 0 Å². The van der Waals surface area contributed by atoms with Gasteiger partial charge in [-0.25, -0.2) is 0 Å². The van der Waals surface area contributed by atoms with Gasteiger partial charge in [-0.05, 0) is 42.2 Å². The van der Waals surface area contributed by atoms with Crippen LogP contribution in [-0.4, -0.2) is 33.0 Å². The molecule has 156 valence electrons. The number of amides is 1. The number of carbonyl (C=O) groups excluding carboxylic acids is 1. The molecule has 0 atom stereocenters. The molecular formula is C22H24N4O4. The third-order valence-corrected chi connectivity index (χ3v) is 4.82. The second-order valence-corrected chi connectivity index (χ2v) is 8.25. The van der Waals surface area contributed by atoms with Crippen molar-refractivity contribution >= 4 is 11.6 Å². The van der Waals surface area contributed by atoms with E-state index in [4.69, 9.17) is 4.42 Å². The number of rotatable bonds is 5. The van der Waals surface area contributed by atoms with E-state index in [9.17, 15) is 14.9 Å². The summed E-state index contributed by atoms with van der Waals surface area (Å²) in [5, 5.41) is 19.1. The summed E-state index contributed by atoms with van der Waals surface area (Å²) in [4.78, 5) is 24.6. The van der Waals surface area contributed by atoms with Gasteiger partial charge < -0.3 is 9.32 Å². The van der Waals surface area contributed by atoms with Crippen LogP contribution in [0, 0.1) is 17.0 Å². The molecule has 0 fully saturated rings. The van der Waals surface area contributed by atoms with Crippen molar-refractivity contribution < 1.29 is 14.1 Å². The van der Waals surface area contributed by atoms with Gasteiger partial charge in [-0.1, -0.05) is 32.9 Å². The van der Waals surface area contributed by atoms with Crippen LogP contribution in [0.2, 0.25) is 0 Å². The maximum absolute atomic E-state index is 12.7. The first-order valence-corrected chi connectivity index (χ1v) is 9.50. The molecule has 0 spiro atoms. The van der Waals surface area contributed by atoms with Crippen LogP contribution in [0.5, 0.6) is 0 Å². The highest BCUT2D eigenvalue weighted by Gasteiger charge is 2.19. The van der Waals surface area contributed by atoms with Gasteiger partial charge in [0.25, 0.3) is 11.6 Å². The van der Waals surface area contributed by atoms with Crippen molar-refractivity contribution in [2.24, 2.45) is 0 Å². The van der Waals surface area contributed by atoms with E-state index in [0.717, 1.165) is 5.56 Å². The van der Waals surface area contributed by atoms with Gasteiger partial charge in [0.1, 0.15) is 0 Å². The zero-order valence-corrected chi connectivity index (χ0v) is 17.7. The number of nitro groups is 1. The number of hydrogen-bond donors (Lipinski definition) is 0. The maximum Gasteiger partial charge on any atom is 0.272 e. The van der Waals surface area contributed by atoms with E-state index in [-0.39, 0.29) is 23.6 Å². The smallest absolute Gasteiger partial charge is 0.272 e. The fraction of sp³-hybridized carbons (Fsp3) is 0.318. The van der Waals surface area contributed by atoms with Crippen molar-refractivity contribution in [3.05, 3.63) is 75.2 Å². The molecule has 0 bridgehead atoms. The van der Waals surface area contributed by atoms with E-state index >= 15 is 0 Å². The van der Waals surface area contributed by atoms with Crippen LogP contribution in [0.4, 0.5) is 5.69 Å². The first kappa shape index (κ1) is 21.2. The second-order valence-electron chi connectivity index (χ2n) is 8.25. The summed E-state index contributed by atoms with van der Waals surface area (Å²) in [5.74, 6) is 0.402. The molecular weight excluding hydrogens is 384 g/mol. The number of aromatic nitrogens is 2. The van der Waals surface area contributed by atoms with Crippen LogP contribution in [0.1, 0.15) is 48.1 Å². The predicted octanol–water partition coefficient (Wildman–Crippen LogP) is 4.52. The molecule has 8 heteroatoms. The van der Waals surface area contributed by atoms with Gasteiger partial charge >= 0.3 is 0 Å². The fourth-order valence-electron chi connectivity index (χ4n) is 3.04. The van der Waals surface area contributed by atoms with Crippen LogP contribution >= 0.6 is 0 Å². The van der Waals surface area contributed by atoms with E-state index < -0.39 is 4.92 Å². The summed E-state index contributed by atoms with van der Waals surface area (Å²) in [6.07, 6.45) is 0. The third-order valence-electron chi connectivity index (χ3n) is 4.82. The Bertz CT molecular complexity index is 1080. The lowest BCUT2D eigenvalue weighted by atomic mass is 9.87. The number of aryl methyl sites for hydroxylation is 1. The van der Waals surface area contributed by atoms with Gasteiger partial charge in [0.05, 0.1) is 11.5 Å². The Labute approximate surface area is 174 Å².